The van der Waals surface area contributed by atoms with Crippen molar-refractivity contribution >= 4 is 5.91 Å². The van der Waals surface area contributed by atoms with Crippen LogP contribution in [0.25, 0.3) is 0 Å². The molecule has 2 heterocycles. The van der Waals surface area contributed by atoms with Crippen molar-refractivity contribution < 1.29 is 9.53 Å². The maximum absolute atomic E-state index is 12.4. The molecule has 2 N–H and O–H groups in total. The average Bonchev–Trinajstić information content (AvgIpc) is 2.53. The monoisotopic (exact) mass is 274 g/mol. The molecule has 0 aromatic heterocycles. The number of amides is 1. The van der Waals surface area contributed by atoms with Crippen molar-refractivity contribution in [3.05, 3.63) is 34.9 Å². The molecule has 1 unspecified atom stereocenters. The zero-order chi connectivity index (χ0) is 13.8. The highest BCUT2D eigenvalue weighted by Crippen LogP contribution is 2.19. The van der Waals surface area contributed by atoms with Gasteiger partial charge in [0.05, 0.1) is 6.61 Å². The lowest BCUT2D eigenvalue weighted by molar-refractivity contribution is 0.0536. The SMILES string of the molecule is O=C(NCC1CCCOC1)c1cccc2c1CCNC2. The van der Waals surface area contributed by atoms with Gasteiger partial charge in [-0.1, -0.05) is 12.1 Å². The molecule has 1 amide bonds. The molecule has 1 fully saturated rings. The number of hydrogen-bond acceptors (Lipinski definition) is 3. The summed E-state index contributed by atoms with van der Waals surface area (Å²) in [5.41, 5.74) is 3.31. The minimum atomic E-state index is 0.0642. The van der Waals surface area contributed by atoms with Crippen LogP contribution >= 0.6 is 0 Å². The van der Waals surface area contributed by atoms with Crippen molar-refractivity contribution in [3.8, 4) is 0 Å². The van der Waals surface area contributed by atoms with Crippen molar-refractivity contribution in [3.63, 3.8) is 0 Å². The summed E-state index contributed by atoms with van der Waals surface area (Å²) in [6.45, 7) is 4.18. The van der Waals surface area contributed by atoms with Crippen molar-refractivity contribution in [1.82, 2.24) is 10.6 Å². The summed E-state index contributed by atoms with van der Waals surface area (Å²) in [6.07, 6.45) is 3.19. The van der Waals surface area contributed by atoms with E-state index in [-0.39, 0.29) is 5.91 Å². The van der Waals surface area contributed by atoms with Crippen LogP contribution in [0.2, 0.25) is 0 Å². The Kier molecular flexibility index (Phi) is 4.33. The molecule has 2 aliphatic heterocycles. The topological polar surface area (TPSA) is 50.4 Å². The number of fused-ring (bicyclic) bond motifs is 1. The Labute approximate surface area is 119 Å². The third-order valence-electron chi connectivity index (χ3n) is 4.19. The smallest absolute Gasteiger partial charge is 0.251 e. The first-order chi connectivity index (χ1) is 9.84. The Morgan fingerprint density at radius 2 is 2.40 bits per heavy atom. The fourth-order valence-corrected chi connectivity index (χ4v) is 3.05. The molecule has 0 aliphatic carbocycles. The van der Waals surface area contributed by atoms with E-state index in [0.29, 0.717) is 5.92 Å². The van der Waals surface area contributed by atoms with Gasteiger partial charge in [-0.2, -0.15) is 0 Å². The number of rotatable bonds is 3. The van der Waals surface area contributed by atoms with Crippen molar-refractivity contribution in [1.29, 1.82) is 0 Å². The van der Waals surface area contributed by atoms with Crippen LogP contribution in [0, 0.1) is 5.92 Å². The first-order valence-electron chi connectivity index (χ1n) is 7.52. The molecule has 0 radical (unpaired) electrons. The van der Waals surface area contributed by atoms with Gasteiger partial charge < -0.3 is 15.4 Å². The number of carbonyl (C=O) groups excluding carboxylic acids is 1. The number of carbonyl (C=O) groups is 1. The largest absolute Gasteiger partial charge is 0.381 e. The predicted molar refractivity (Wildman–Crippen MR) is 77.7 cm³/mol. The summed E-state index contributed by atoms with van der Waals surface area (Å²) >= 11 is 0. The molecule has 3 rings (SSSR count). The molecule has 0 spiro atoms. The maximum Gasteiger partial charge on any atom is 0.251 e. The van der Waals surface area contributed by atoms with Gasteiger partial charge in [0.15, 0.2) is 0 Å². The minimum Gasteiger partial charge on any atom is -0.381 e. The highest BCUT2D eigenvalue weighted by Gasteiger charge is 2.19. The molecule has 1 aromatic rings. The van der Waals surface area contributed by atoms with Gasteiger partial charge in [-0.05, 0) is 48.9 Å². The molecule has 20 heavy (non-hydrogen) atoms. The lowest BCUT2D eigenvalue weighted by atomic mass is 9.95. The molecule has 2 aliphatic rings. The van der Waals surface area contributed by atoms with Gasteiger partial charge in [0, 0.05) is 25.3 Å². The Morgan fingerprint density at radius 1 is 1.45 bits per heavy atom. The van der Waals surface area contributed by atoms with Gasteiger partial charge in [0.1, 0.15) is 0 Å². The van der Waals surface area contributed by atoms with Crippen LogP contribution in [0.15, 0.2) is 18.2 Å². The molecule has 1 atom stereocenters. The molecule has 0 bridgehead atoms. The first kappa shape index (κ1) is 13.6. The van der Waals surface area contributed by atoms with E-state index in [1.807, 2.05) is 12.1 Å². The van der Waals surface area contributed by atoms with Crippen molar-refractivity contribution in [2.45, 2.75) is 25.8 Å². The zero-order valence-electron chi connectivity index (χ0n) is 11.8. The van der Waals surface area contributed by atoms with Gasteiger partial charge in [0.25, 0.3) is 5.91 Å². The second kappa shape index (κ2) is 6.37. The van der Waals surface area contributed by atoms with E-state index in [2.05, 4.69) is 16.7 Å². The first-order valence-corrected chi connectivity index (χ1v) is 7.52. The number of ether oxygens (including phenoxy) is 1. The van der Waals surface area contributed by atoms with E-state index in [0.717, 1.165) is 57.7 Å². The van der Waals surface area contributed by atoms with Crippen LogP contribution in [0.3, 0.4) is 0 Å². The minimum absolute atomic E-state index is 0.0642. The highest BCUT2D eigenvalue weighted by molar-refractivity contribution is 5.96. The fraction of sp³-hybridized carbons (Fsp3) is 0.562. The summed E-state index contributed by atoms with van der Waals surface area (Å²) in [6, 6.07) is 6.02. The van der Waals surface area contributed by atoms with Crippen molar-refractivity contribution in [2.75, 3.05) is 26.3 Å². The molecule has 0 saturated carbocycles. The van der Waals surface area contributed by atoms with Crippen LogP contribution < -0.4 is 10.6 Å². The fourth-order valence-electron chi connectivity index (χ4n) is 3.05. The summed E-state index contributed by atoms with van der Waals surface area (Å²) in [7, 11) is 0. The molecule has 4 heteroatoms. The molecular weight excluding hydrogens is 252 g/mol. The van der Waals surface area contributed by atoms with Gasteiger partial charge in [-0.3, -0.25) is 4.79 Å². The van der Waals surface area contributed by atoms with E-state index < -0.39 is 0 Å². The average molecular weight is 274 g/mol. The standard InChI is InChI=1S/C16H22N2O2/c19-16(18-9-12-3-2-8-20-11-12)15-5-1-4-13-10-17-7-6-14(13)15/h1,4-5,12,17H,2-3,6-11H2,(H,18,19). The number of benzene rings is 1. The van der Waals surface area contributed by atoms with E-state index in [1.165, 1.54) is 11.1 Å². The normalized spacial score (nSPS) is 22.1. The Balaban J connectivity index is 1.64. The van der Waals surface area contributed by atoms with Crippen LogP contribution in [-0.2, 0) is 17.7 Å². The third kappa shape index (κ3) is 3.02. The van der Waals surface area contributed by atoms with Gasteiger partial charge in [-0.15, -0.1) is 0 Å². The van der Waals surface area contributed by atoms with E-state index in [4.69, 9.17) is 4.74 Å². The zero-order valence-corrected chi connectivity index (χ0v) is 11.8. The van der Waals surface area contributed by atoms with E-state index in [9.17, 15) is 4.79 Å². The summed E-state index contributed by atoms with van der Waals surface area (Å²) in [4.78, 5) is 12.4. The quantitative estimate of drug-likeness (QED) is 0.878. The second-order valence-corrected chi connectivity index (χ2v) is 5.66. The molecule has 1 aromatic carbocycles. The third-order valence-corrected chi connectivity index (χ3v) is 4.19. The van der Waals surface area contributed by atoms with E-state index in [1.54, 1.807) is 0 Å². The lowest BCUT2D eigenvalue weighted by Crippen LogP contribution is -2.34. The van der Waals surface area contributed by atoms with Crippen LogP contribution in [0.4, 0.5) is 0 Å². The molecule has 4 nitrogen and oxygen atoms in total. The lowest BCUT2D eigenvalue weighted by Gasteiger charge is -2.23. The van der Waals surface area contributed by atoms with Crippen molar-refractivity contribution in [2.24, 2.45) is 5.92 Å². The van der Waals surface area contributed by atoms with Crippen LogP contribution in [-0.4, -0.2) is 32.2 Å². The summed E-state index contributed by atoms with van der Waals surface area (Å²) in [5, 5.41) is 6.42. The number of nitrogens with one attached hydrogen (secondary N) is 2. The Hall–Kier alpha value is -1.39. The van der Waals surface area contributed by atoms with Gasteiger partial charge >= 0.3 is 0 Å². The highest BCUT2D eigenvalue weighted by atomic mass is 16.5. The van der Waals surface area contributed by atoms with Gasteiger partial charge in [0.2, 0.25) is 0 Å². The molecular formula is C16H22N2O2. The van der Waals surface area contributed by atoms with Gasteiger partial charge in [-0.25, -0.2) is 0 Å². The van der Waals surface area contributed by atoms with Crippen LogP contribution in [0.1, 0.15) is 34.3 Å². The molecule has 1 saturated heterocycles. The Morgan fingerprint density at radius 3 is 3.25 bits per heavy atom. The summed E-state index contributed by atoms with van der Waals surface area (Å²) < 4.78 is 5.45. The molecule has 108 valence electrons. The van der Waals surface area contributed by atoms with Crippen LogP contribution in [0.5, 0.6) is 0 Å². The van der Waals surface area contributed by atoms with E-state index >= 15 is 0 Å². The maximum atomic E-state index is 12.4. The summed E-state index contributed by atoms with van der Waals surface area (Å²) in [5.74, 6) is 0.531. The number of hydrogen-bond donors (Lipinski definition) is 2. The Bertz CT molecular complexity index is 481. The second-order valence-electron chi connectivity index (χ2n) is 5.66. The predicted octanol–water partition coefficient (Wildman–Crippen LogP) is 1.49.